The van der Waals surface area contributed by atoms with Gasteiger partial charge in [0.2, 0.25) is 0 Å². The number of rotatable bonds is 9. The fourth-order valence-electron chi connectivity index (χ4n) is 3.19. The average Bonchev–Trinajstić information content (AvgIpc) is 2.74. The summed E-state index contributed by atoms with van der Waals surface area (Å²) in [6.45, 7) is 4.48. The molecule has 1 heterocycles. The minimum atomic E-state index is -0.851. The zero-order chi connectivity index (χ0) is 23.1. The van der Waals surface area contributed by atoms with Crippen molar-refractivity contribution in [2.45, 2.75) is 46.3 Å². The lowest BCUT2D eigenvalue weighted by Gasteiger charge is -2.18. The van der Waals surface area contributed by atoms with E-state index >= 15 is 0 Å². The van der Waals surface area contributed by atoms with Gasteiger partial charge in [0, 0.05) is 6.54 Å². The number of hydrogen-bond acceptors (Lipinski definition) is 7. The number of ether oxygens (including phenoxy) is 2. The van der Waals surface area contributed by atoms with Crippen LogP contribution >= 0.6 is 0 Å². The van der Waals surface area contributed by atoms with Crippen LogP contribution in [-0.2, 0) is 36.9 Å². The first kappa shape index (κ1) is 23.8. The van der Waals surface area contributed by atoms with Crippen molar-refractivity contribution < 1.29 is 23.9 Å². The van der Waals surface area contributed by atoms with Crippen LogP contribution in [0.25, 0.3) is 10.9 Å². The molecule has 0 spiro atoms. The Morgan fingerprint density at radius 3 is 2.39 bits per heavy atom. The van der Waals surface area contributed by atoms with Gasteiger partial charge in [-0.05, 0) is 31.4 Å². The summed E-state index contributed by atoms with van der Waals surface area (Å²) in [5.74, 6) is -1.96. The van der Waals surface area contributed by atoms with Gasteiger partial charge in [-0.3, -0.25) is 23.5 Å². The van der Waals surface area contributed by atoms with Crippen LogP contribution in [0.5, 0.6) is 0 Å². The molecule has 0 aliphatic heterocycles. The van der Waals surface area contributed by atoms with E-state index in [1.54, 1.807) is 31.2 Å². The lowest BCUT2D eigenvalue weighted by Crippen LogP contribution is -2.44. The van der Waals surface area contributed by atoms with Gasteiger partial charge in [-0.2, -0.15) is 0 Å². The number of hydrogen-bond donors (Lipinski definition) is 1. The molecule has 2 rings (SSSR count). The molecule has 0 aliphatic carbocycles. The van der Waals surface area contributed by atoms with Crippen LogP contribution in [0.4, 0.5) is 0 Å². The number of amides is 1. The fourth-order valence-corrected chi connectivity index (χ4v) is 3.19. The van der Waals surface area contributed by atoms with Crippen molar-refractivity contribution in [1.29, 1.82) is 0 Å². The van der Waals surface area contributed by atoms with E-state index < -0.39 is 48.3 Å². The number of aromatic nitrogens is 2. The molecule has 0 radical (unpaired) electrons. The topological polar surface area (TPSA) is 126 Å². The standard InChI is InChI=1S/C21H27N3O7/c1-5-23-19(27)14-8-6-7-9-16(14)24(21(23)29)11-18(26)31-12-17(25)22-15(10-13(2)3)20(28)30-4/h6-9,13,15H,5,10-12H2,1-4H3,(H,22,25). The van der Waals surface area contributed by atoms with Gasteiger partial charge in [0.05, 0.1) is 18.0 Å². The van der Waals surface area contributed by atoms with Crippen LogP contribution < -0.4 is 16.6 Å². The molecule has 1 aromatic carbocycles. The first-order valence-corrected chi connectivity index (χ1v) is 9.94. The van der Waals surface area contributed by atoms with Crippen molar-refractivity contribution in [2.75, 3.05) is 13.7 Å². The minimum Gasteiger partial charge on any atom is -0.467 e. The van der Waals surface area contributed by atoms with Gasteiger partial charge in [-0.25, -0.2) is 9.59 Å². The molecule has 0 saturated heterocycles. The molecule has 2 aromatic rings. The molecule has 1 N–H and O–H groups in total. The van der Waals surface area contributed by atoms with E-state index in [1.807, 2.05) is 13.8 Å². The second-order valence-electron chi connectivity index (χ2n) is 7.37. The van der Waals surface area contributed by atoms with Gasteiger partial charge >= 0.3 is 17.6 Å². The van der Waals surface area contributed by atoms with Crippen molar-refractivity contribution in [1.82, 2.24) is 14.5 Å². The maximum absolute atomic E-state index is 12.7. The maximum atomic E-state index is 12.7. The Bertz CT molecular complexity index is 1080. The summed E-state index contributed by atoms with van der Waals surface area (Å²) in [7, 11) is 1.22. The van der Waals surface area contributed by atoms with Crippen LogP contribution in [0.3, 0.4) is 0 Å². The molecule has 31 heavy (non-hydrogen) atoms. The molecule has 0 fully saturated rings. The molecule has 10 nitrogen and oxygen atoms in total. The highest BCUT2D eigenvalue weighted by molar-refractivity contribution is 5.86. The predicted molar refractivity (Wildman–Crippen MR) is 113 cm³/mol. The van der Waals surface area contributed by atoms with Crippen LogP contribution in [0.15, 0.2) is 33.9 Å². The Labute approximate surface area is 178 Å². The molecule has 0 bridgehead atoms. The summed E-state index contributed by atoms with van der Waals surface area (Å²) >= 11 is 0. The molecule has 1 atom stereocenters. The molecule has 1 unspecified atom stereocenters. The van der Waals surface area contributed by atoms with Crippen LogP contribution in [0, 0.1) is 5.92 Å². The average molecular weight is 433 g/mol. The van der Waals surface area contributed by atoms with Crippen molar-refractivity contribution in [3.8, 4) is 0 Å². The number of nitrogens with zero attached hydrogens (tertiary/aromatic N) is 2. The quantitative estimate of drug-likeness (QED) is 0.569. The van der Waals surface area contributed by atoms with Crippen LogP contribution in [-0.4, -0.2) is 46.7 Å². The van der Waals surface area contributed by atoms with E-state index in [0.29, 0.717) is 17.3 Å². The highest BCUT2D eigenvalue weighted by atomic mass is 16.5. The lowest BCUT2D eigenvalue weighted by atomic mass is 10.0. The Hall–Kier alpha value is -3.43. The first-order valence-electron chi connectivity index (χ1n) is 9.94. The van der Waals surface area contributed by atoms with E-state index in [1.165, 1.54) is 7.11 Å². The van der Waals surface area contributed by atoms with Gasteiger partial charge in [0.15, 0.2) is 6.61 Å². The summed E-state index contributed by atoms with van der Waals surface area (Å²) in [6.07, 6.45) is 0.367. The number of methoxy groups -OCH3 is 1. The largest absolute Gasteiger partial charge is 0.467 e. The number of carbonyl (C=O) groups excluding carboxylic acids is 3. The zero-order valence-corrected chi connectivity index (χ0v) is 18.0. The van der Waals surface area contributed by atoms with Gasteiger partial charge < -0.3 is 14.8 Å². The molecule has 1 aromatic heterocycles. The Balaban J connectivity index is 2.12. The van der Waals surface area contributed by atoms with Gasteiger partial charge in [-0.1, -0.05) is 26.0 Å². The second kappa shape index (κ2) is 10.6. The lowest BCUT2D eigenvalue weighted by molar-refractivity contribution is -0.150. The van der Waals surface area contributed by atoms with Gasteiger partial charge in [0.25, 0.3) is 11.5 Å². The SMILES string of the molecule is CCn1c(=O)c2ccccc2n(CC(=O)OCC(=O)NC(CC(C)C)C(=O)OC)c1=O. The summed E-state index contributed by atoms with van der Waals surface area (Å²) in [5.41, 5.74) is -0.785. The minimum absolute atomic E-state index is 0.126. The summed E-state index contributed by atoms with van der Waals surface area (Å²) in [6, 6.07) is 5.59. The Morgan fingerprint density at radius 1 is 1.10 bits per heavy atom. The third kappa shape index (κ3) is 5.80. The normalized spacial score (nSPS) is 11.9. The van der Waals surface area contributed by atoms with E-state index in [4.69, 9.17) is 4.74 Å². The van der Waals surface area contributed by atoms with Crippen LogP contribution in [0.2, 0.25) is 0 Å². The monoisotopic (exact) mass is 433 g/mol. The van der Waals surface area contributed by atoms with Gasteiger partial charge in [-0.15, -0.1) is 0 Å². The molecular formula is C21H27N3O7. The van der Waals surface area contributed by atoms with Crippen molar-refractivity contribution in [2.24, 2.45) is 5.92 Å². The highest BCUT2D eigenvalue weighted by Crippen LogP contribution is 2.08. The molecule has 168 valence electrons. The molecule has 1 amide bonds. The highest BCUT2D eigenvalue weighted by Gasteiger charge is 2.23. The van der Waals surface area contributed by atoms with E-state index in [0.717, 1.165) is 9.13 Å². The second-order valence-corrected chi connectivity index (χ2v) is 7.37. The Morgan fingerprint density at radius 2 is 1.77 bits per heavy atom. The smallest absolute Gasteiger partial charge is 0.332 e. The number of esters is 2. The first-order chi connectivity index (χ1) is 14.7. The van der Waals surface area contributed by atoms with E-state index in [9.17, 15) is 24.0 Å². The van der Waals surface area contributed by atoms with E-state index in [-0.39, 0.29) is 12.5 Å². The Kier molecular flexibility index (Phi) is 8.12. The maximum Gasteiger partial charge on any atom is 0.332 e. The van der Waals surface area contributed by atoms with Crippen molar-refractivity contribution >= 4 is 28.7 Å². The molecule has 10 heteroatoms. The predicted octanol–water partition coefficient (Wildman–Crippen LogP) is 0.430. The number of nitrogens with one attached hydrogen (secondary N) is 1. The van der Waals surface area contributed by atoms with Crippen molar-refractivity contribution in [3.05, 3.63) is 45.1 Å². The molecule has 0 saturated carbocycles. The molecule has 0 aliphatic rings. The molecular weight excluding hydrogens is 406 g/mol. The van der Waals surface area contributed by atoms with Crippen molar-refractivity contribution in [3.63, 3.8) is 0 Å². The fraction of sp³-hybridized carbons (Fsp3) is 0.476. The summed E-state index contributed by atoms with van der Waals surface area (Å²) in [4.78, 5) is 61.3. The third-order valence-electron chi connectivity index (χ3n) is 4.63. The number of para-hydroxylation sites is 1. The summed E-state index contributed by atoms with van der Waals surface area (Å²) in [5, 5.41) is 2.78. The number of fused-ring (bicyclic) bond motifs is 1. The third-order valence-corrected chi connectivity index (χ3v) is 4.63. The number of carbonyl (C=O) groups is 3. The zero-order valence-electron chi connectivity index (χ0n) is 18.0. The summed E-state index contributed by atoms with van der Waals surface area (Å²) < 4.78 is 11.8. The number of benzene rings is 1. The van der Waals surface area contributed by atoms with E-state index in [2.05, 4.69) is 10.1 Å². The van der Waals surface area contributed by atoms with Crippen LogP contribution in [0.1, 0.15) is 27.2 Å². The van der Waals surface area contributed by atoms with Gasteiger partial charge in [0.1, 0.15) is 12.6 Å².